The molecule has 162 valence electrons. The second kappa shape index (κ2) is 10.4. The predicted octanol–water partition coefficient (Wildman–Crippen LogP) is 3.13. The zero-order valence-electron chi connectivity index (χ0n) is 17.3. The molecular formula is C23H28FNO5. The molecule has 2 atom stereocenters. The van der Waals surface area contributed by atoms with E-state index in [9.17, 15) is 14.3 Å². The van der Waals surface area contributed by atoms with Crippen LogP contribution in [0.2, 0.25) is 0 Å². The van der Waals surface area contributed by atoms with Crippen molar-refractivity contribution in [1.29, 1.82) is 0 Å². The van der Waals surface area contributed by atoms with Gasteiger partial charge in [-0.1, -0.05) is 18.2 Å². The van der Waals surface area contributed by atoms with E-state index in [2.05, 4.69) is 0 Å². The van der Waals surface area contributed by atoms with E-state index in [0.717, 1.165) is 11.1 Å². The highest BCUT2D eigenvalue weighted by molar-refractivity contribution is 5.77. The molecule has 2 aromatic carbocycles. The molecule has 0 aliphatic carbocycles. The van der Waals surface area contributed by atoms with Crippen molar-refractivity contribution in [2.24, 2.45) is 0 Å². The average Bonchev–Trinajstić information content (AvgIpc) is 2.79. The number of morpholine rings is 1. The van der Waals surface area contributed by atoms with E-state index in [1.807, 2.05) is 12.1 Å². The highest BCUT2D eigenvalue weighted by Gasteiger charge is 2.36. The number of aliphatic hydroxyl groups is 1. The van der Waals surface area contributed by atoms with E-state index in [4.69, 9.17) is 14.2 Å². The second-order valence-corrected chi connectivity index (χ2v) is 7.22. The fourth-order valence-corrected chi connectivity index (χ4v) is 3.84. The topological polar surface area (TPSA) is 68.2 Å². The van der Waals surface area contributed by atoms with Crippen LogP contribution in [-0.4, -0.2) is 56.0 Å². The molecule has 0 bridgehead atoms. The number of methoxy groups -OCH3 is 2. The largest absolute Gasteiger partial charge is 0.493 e. The Morgan fingerprint density at radius 1 is 1.17 bits per heavy atom. The Hall–Kier alpha value is -2.64. The summed E-state index contributed by atoms with van der Waals surface area (Å²) < 4.78 is 29.5. The number of aryl methyl sites for hydroxylation is 1. The third-order valence-electron chi connectivity index (χ3n) is 5.37. The molecule has 1 fully saturated rings. The molecule has 1 amide bonds. The lowest BCUT2D eigenvalue weighted by Crippen LogP contribution is -2.49. The summed E-state index contributed by atoms with van der Waals surface area (Å²) in [6.45, 7) is 0.627. The third-order valence-corrected chi connectivity index (χ3v) is 5.37. The number of hydrogen-bond acceptors (Lipinski definition) is 5. The van der Waals surface area contributed by atoms with Gasteiger partial charge in [0.1, 0.15) is 11.9 Å². The van der Waals surface area contributed by atoms with Crippen molar-refractivity contribution in [3.05, 3.63) is 59.4 Å². The Labute approximate surface area is 176 Å². The molecule has 0 aromatic heterocycles. The van der Waals surface area contributed by atoms with Crippen LogP contribution in [0.4, 0.5) is 4.39 Å². The maximum atomic E-state index is 13.0. The number of hydrogen-bond donors (Lipinski definition) is 1. The summed E-state index contributed by atoms with van der Waals surface area (Å²) in [7, 11) is 3.12. The van der Waals surface area contributed by atoms with Crippen molar-refractivity contribution in [1.82, 2.24) is 4.90 Å². The molecule has 3 rings (SSSR count). The summed E-state index contributed by atoms with van der Waals surface area (Å²) in [6, 6.07) is 11.4. The van der Waals surface area contributed by atoms with Gasteiger partial charge in [0.15, 0.2) is 11.5 Å². The minimum absolute atomic E-state index is 0.00125. The number of amides is 1. The molecule has 1 saturated heterocycles. The Morgan fingerprint density at radius 3 is 2.57 bits per heavy atom. The lowest BCUT2D eigenvalue weighted by atomic mass is 9.97. The van der Waals surface area contributed by atoms with E-state index < -0.39 is 12.1 Å². The fraction of sp³-hybridized carbons (Fsp3) is 0.435. The molecule has 1 N–H and O–H groups in total. The van der Waals surface area contributed by atoms with Crippen LogP contribution in [0.1, 0.15) is 30.0 Å². The van der Waals surface area contributed by atoms with E-state index >= 15 is 0 Å². The summed E-state index contributed by atoms with van der Waals surface area (Å²) in [5.74, 6) is 0.881. The van der Waals surface area contributed by atoms with Crippen molar-refractivity contribution < 1.29 is 28.5 Å². The van der Waals surface area contributed by atoms with Crippen molar-refractivity contribution >= 4 is 5.91 Å². The van der Waals surface area contributed by atoms with Crippen molar-refractivity contribution in [3.8, 4) is 11.5 Å². The summed E-state index contributed by atoms with van der Waals surface area (Å²) >= 11 is 0. The smallest absolute Gasteiger partial charge is 0.223 e. The van der Waals surface area contributed by atoms with Crippen LogP contribution in [0.25, 0.3) is 0 Å². The standard InChI is InChI=1S/C23H28FNO5/c1-28-19-11-8-17(14-20(19)29-2)23-21(15-26)30-13-12-25(23)22(27)5-3-4-16-6-9-18(24)10-7-16/h6-11,14,21,23,26H,3-5,12-13,15H2,1-2H3. The number of ether oxygens (including phenoxy) is 3. The van der Waals surface area contributed by atoms with Crippen molar-refractivity contribution in [2.45, 2.75) is 31.4 Å². The second-order valence-electron chi connectivity index (χ2n) is 7.22. The summed E-state index contributed by atoms with van der Waals surface area (Å²) in [5.41, 5.74) is 1.81. The molecule has 1 heterocycles. The van der Waals surface area contributed by atoms with Gasteiger partial charge in [-0.3, -0.25) is 4.79 Å². The Kier molecular flexibility index (Phi) is 7.65. The van der Waals surface area contributed by atoms with E-state index in [-0.39, 0.29) is 18.3 Å². The van der Waals surface area contributed by atoms with Crippen LogP contribution in [0.5, 0.6) is 11.5 Å². The van der Waals surface area contributed by atoms with E-state index in [0.29, 0.717) is 43.9 Å². The third kappa shape index (κ3) is 5.09. The maximum Gasteiger partial charge on any atom is 0.223 e. The van der Waals surface area contributed by atoms with E-state index in [1.54, 1.807) is 37.3 Å². The van der Waals surface area contributed by atoms with Gasteiger partial charge in [0.05, 0.1) is 33.5 Å². The maximum absolute atomic E-state index is 13.0. The van der Waals surface area contributed by atoms with Crippen LogP contribution in [0, 0.1) is 5.82 Å². The van der Waals surface area contributed by atoms with Gasteiger partial charge < -0.3 is 24.2 Å². The summed E-state index contributed by atoms with van der Waals surface area (Å²) in [4.78, 5) is 14.8. The monoisotopic (exact) mass is 417 g/mol. The van der Waals surface area contributed by atoms with Crippen LogP contribution in [-0.2, 0) is 16.0 Å². The van der Waals surface area contributed by atoms with Gasteiger partial charge in [-0.25, -0.2) is 4.39 Å². The number of benzene rings is 2. The first kappa shape index (κ1) is 22.1. The van der Waals surface area contributed by atoms with Crippen molar-refractivity contribution in [3.63, 3.8) is 0 Å². The van der Waals surface area contributed by atoms with Gasteiger partial charge >= 0.3 is 0 Å². The van der Waals surface area contributed by atoms with Crippen molar-refractivity contribution in [2.75, 3.05) is 34.0 Å². The minimum Gasteiger partial charge on any atom is -0.493 e. The first-order valence-corrected chi connectivity index (χ1v) is 10.1. The minimum atomic E-state index is -0.516. The average molecular weight is 417 g/mol. The molecule has 0 radical (unpaired) electrons. The summed E-state index contributed by atoms with van der Waals surface area (Å²) in [6.07, 6.45) is 1.20. The van der Waals surface area contributed by atoms with Crippen LogP contribution in [0.15, 0.2) is 42.5 Å². The molecule has 1 aliphatic rings. The van der Waals surface area contributed by atoms with Gasteiger partial charge in [0, 0.05) is 13.0 Å². The SMILES string of the molecule is COc1ccc(C2C(CO)OCCN2C(=O)CCCc2ccc(F)cc2)cc1OC. The van der Waals surface area contributed by atoms with Gasteiger partial charge in [-0.2, -0.15) is 0 Å². The number of carbonyl (C=O) groups excluding carboxylic acids is 1. The lowest BCUT2D eigenvalue weighted by molar-refractivity contribution is -0.150. The predicted molar refractivity (Wildman–Crippen MR) is 110 cm³/mol. The molecule has 2 unspecified atom stereocenters. The van der Waals surface area contributed by atoms with Crippen LogP contribution < -0.4 is 9.47 Å². The molecule has 7 heteroatoms. The van der Waals surface area contributed by atoms with Gasteiger partial charge in [0.25, 0.3) is 0 Å². The van der Waals surface area contributed by atoms with Crippen LogP contribution in [0.3, 0.4) is 0 Å². The first-order valence-electron chi connectivity index (χ1n) is 10.1. The molecule has 30 heavy (non-hydrogen) atoms. The lowest BCUT2D eigenvalue weighted by Gasteiger charge is -2.41. The Morgan fingerprint density at radius 2 is 1.90 bits per heavy atom. The number of nitrogens with zero attached hydrogens (tertiary/aromatic N) is 1. The number of rotatable bonds is 8. The van der Waals surface area contributed by atoms with Gasteiger partial charge in [0.2, 0.25) is 5.91 Å². The number of halogens is 1. The molecule has 2 aromatic rings. The Balaban J connectivity index is 1.73. The normalized spacial score (nSPS) is 18.9. The fourth-order valence-electron chi connectivity index (χ4n) is 3.84. The summed E-state index contributed by atoms with van der Waals surface area (Å²) in [5, 5.41) is 9.85. The zero-order valence-corrected chi connectivity index (χ0v) is 17.3. The Bertz CT molecular complexity index is 842. The number of aliphatic hydroxyl groups excluding tert-OH is 1. The zero-order chi connectivity index (χ0) is 21.5. The quantitative estimate of drug-likeness (QED) is 0.715. The van der Waals surface area contributed by atoms with Crippen LogP contribution >= 0.6 is 0 Å². The highest BCUT2D eigenvalue weighted by Crippen LogP contribution is 2.36. The molecular weight excluding hydrogens is 389 g/mol. The first-order chi connectivity index (χ1) is 14.6. The van der Waals surface area contributed by atoms with Gasteiger partial charge in [-0.15, -0.1) is 0 Å². The highest BCUT2D eigenvalue weighted by atomic mass is 19.1. The molecule has 1 aliphatic heterocycles. The molecule has 6 nitrogen and oxygen atoms in total. The van der Waals surface area contributed by atoms with E-state index in [1.165, 1.54) is 12.1 Å². The number of carbonyl (C=O) groups is 1. The molecule has 0 saturated carbocycles. The molecule has 0 spiro atoms. The van der Waals surface area contributed by atoms with Gasteiger partial charge in [-0.05, 0) is 48.2 Å².